The van der Waals surface area contributed by atoms with Crippen LogP contribution < -0.4 is 14.8 Å². The highest BCUT2D eigenvalue weighted by Crippen LogP contribution is 2.40. The summed E-state index contributed by atoms with van der Waals surface area (Å²) in [4.78, 5) is 24.4. The van der Waals surface area contributed by atoms with Crippen LogP contribution in [0.2, 0.25) is 0 Å². The standard InChI is InChI=1S/C18H21NO6/c20-16-9-13(18(21)19-10-12-2-1-5-22-12)17(25-16)11-3-4-14-15(8-11)24-7-6-23-14/h3-4,8,12-13,17H,1-2,5-7,9-10H2,(H,19,21)/t12-,13+,17+/m1/s1. The third kappa shape index (κ3) is 3.42. The van der Waals surface area contributed by atoms with Crippen molar-refractivity contribution in [2.75, 3.05) is 26.4 Å². The molecule has 0 bridgehead atoms. The van der Waals surface area contributed by atoms with Crippen LogP contribution in [-0.2, 0) is 19.1 Å². The minimum absolute atomic E-state index is 0.0646. The van der Waals surface area contributed by atoms with Crippen LogP contribution in [0, 0.1) is 5.92 Å². The highest BCUT2D eigenvalue weighted by atomic mass is 16.6. The van der Waals surface area contributed by atoms with Crippen molar-refractivity contribution in [1.82, 2.24) is 5.32 Å². The second-order valence-electron chi connectivity index (χ2n) is 6.50. The van der Waals surface area contributed by atoms with Crippen LogP contribution >= 0.6 is 0 Å². The monoisotopic (exact) mass is 347 g/mol. The predicted molar refractivity (Wildman–Crippen MR) is 86.4 cm³/mol. The van der Waals surface area contributed by atoms with Crippen molar-refractivity contribution in [2.24, 2.45) is 5.92 Å². The number of esters is 1. The van der Waals surface area contributed by atoms with Gasteiger partial charge in [0, 0.05) is 13.2 Å². The Labute approximate surface area is 145 Å². The minimum atomic E-state index is -0.604. The van der Waals surface area contributed by atoms with Crippen molar-refractivity contribution in [3.8, 4) is 11.5 Å². The number of hydrogen-bond acceptors (Lipinski definition) is 6. The number of carbonyl (C=O) groups is 2. The normalized spacial score (nSPS) is 27.8. The predicted octanol–water partition coefficient (Wildman–Crippen LogP) is 1.36. The molecule has 3 atom stereocenters. The summed E-state index contributed by atoms with van der Waals surface area (Å²) in [6.07, 6.45) is 1.51. The largest absolute Gasteiger partial charge is 0.486 e. The molecule has 0 unspecified atom stereocenters. The van der Waals surface area contributed by atoms with Crippen LogP contribution in [0.15, 0.2) is 18.2 Å². The van der Waals surface area contributed by atoms with E-state index in [4.69, 9.17) is 18.9 Å². The molecule has 134 valence electrons. The molecule has 4 rings (SSSR count). The topological polar surface area (TPSA) is 83.1 Å². The number of hydrogen-bond donors (Lipinski definition) is 1. The van der Waals surface area contributed by atoms with Gasteiger partial charge in [-0.15, -0.1) is 0 Å². The summed E-state index contributed by atoms with van der Waals surface area (Å²) in [7, 11) is 0. The molecule has 1 N–H and O–H groups in total. The van der Waals surface area contributed by atoms with Crippen molar-refractivity contribution in [1.29, 1.82) is 0 Å². The Morgan fingerprint density at radius 2 is 2.00 bits per heavy atom. The van der Waals surface area contributed by atoms with Gasteiger partial charge in [-0.25, -0.2) is 0 Å². The van der Waals surface area contributed by atoms with E-state index in [1.54, 1.807) is 12.1 Å². The molecule has 0 aromatic heterocycles. The van der Waals surface area contributed by atoms with Crippen LogP contribution in [0.4, 0.5) is 0 Å². The van der Waals surface area contributed by atoms with Gasteiger partial charge in [-0.05, 0) is 30.5 Å². The fraction of sp³-hybridized carbons (Fsp3) is 0.556. The van der Waals surface area contributed by atoms with Crippen LogP contribution in [-0.4, -0.2) is 44.3 Å². The zero-order valence-corrected chi connectivity index (χ0v) is 13.9. The smallest absolute Gasteiger partial charge is 0.307 e. The summed E-state index contributed by atoms with van der Waals surface area (Å²) in [5, 5.41) is 2.90. The highest BCUT2D eigenvalue weighted by Gasteiger charge is 2.41. The molecule has 2 saturated heterocycles. The van der Waals surface area contributed by atoms with Gasteiger partial charge in [-0.3, -0.25) is 9.59 Å². The first kappa shape index (κ1) is 16.2. The maximum absolute atomic E-state index is 12.6. The number of carbonyl (C=O) groups excluding carboxylic acids is 2. The lowest BCUT2D eigenvalue weighted by molar-refractivity contribution is -0.141. The minimum Gasteiger partial charge on any atom is -0.486 e. The average Bonchev–Trinajstić information content (AvgIpc) is 3.29. The van der Waals surface area contributed by atoms with Gasteiger partial charge in [0.2, 0.25) is 5.91 Å². The van der Waals surface area contributed by atoms with Gasteiger partial charge in [0.25, 0.3) is 0 Å². The second-order valence-corrected chi connectivity index (χ2v) is 6.50. The van der Waals surface area contributed by atoms with E-state index < -0.39 is 12.0 Å². The van der Waals surface area contributed by atoms with Crippen LogP contribution in [0.25, 0.3) is 0 Å². The molecule has 0 radical (unpaired) electrons. The molecular weight excluding hydrogens is 326 g/mol. The van der Waals surface area contributed by atoms with E-state index in [1.165, 1.54) is 0 Å². The molecule has 7 heteroatoms. The van der Waals surface area contributed by atoms with E-state index in [0.717, 1.165) is 25.0 Å². The Morgan fingerprint density at radius 3 is 2.80 bits per heavy atom. The molecular formula is C18H21NO6. The Bertz CT molecular complexity index is 670. The molecule has 0 spiro atoms. The molecule has 0 aliphatic carbocycles. The summed E-state index contributed by atoms with van der Waals surface area (Å²) in [5.41, 5.74) is 0.743. The van der Waals surface area contributed by atoms with E-state index in [-0.39, 0.29) is 24.4 Å². The lowest BCUT2D eigenvalue weighted by Gasteiger charge is -2.22. The highest BCUT2D eigenvalue weighted by molar-refractivity contribution is 5.87. The van der Waals surface area contributed by atoms with Gasteiger partial charge >= 0.3 is 5.97 Å². The molecule has 3 heterocycles. The van der Waals surface area contributed by atoms with E-state index >= 15 is 0 Å². The number of amides is 1. The zero-order chi connectivity index (χ0) is 17.2. The first-order valence-electron chi connectivity index (χ1n) is 8.69. The average molecular weight is 347 g/mol. The van der Waals surface area contributed by atoms with E-state index in [1.807, 2.05) is 6.07 Å². The molecule has 1 aromatic carbocycles. The number of nitrogens with one attached hydrogen (secondary N) is 1. The third-order valence-corrected chi connectivity index (χ3v) is 4.77. The van der Waals surface area contributed by atoms with Crippen molar-refractivity contribution in [3.63, 3.8) is 0 Å². The zero-order valence-electron chi connectivity index (χ0n) is 13.9. The van der Waals surface area contributed by atoms with Gasteiger partial charge in [0.1, 0.15) is 19.3 Å². The third-order valence-electron chi connectivity index (χ3n) is 4.77. The fourth-order valence-electron chi connectivity index (χ4n) is 3.48. The Hall–Kier alpha value is -2.28. The molecule has 3 aliphatic rings. The maximum Gasteiger partial charge on any atom is 0.307 e. The number of cyclic esters (lactones) is 1. The quantitative estimate of drug-likeness (QED) is 0.828. The van der Waals surface area contributed by atoms with E-state index in [0.29, 0.717) is 31.3 Å². The SMILES string of the molecule is O=C1C[C@H](C(=O)NC[C@H]2CCCO2)[C@H](c2ccc3c(c2)OCCO3)O1. The molecule has 0 saturated carbocycles. The fourth-order valence-corrected chi connectivity index (χ4v) is 3.48. The van der Waals surface area contributed by atoms with E-state index in [2.05, 4.69) is 5.32 Å². The van der Waals surface area contributed by atoms with Crippen molar-refractivity contribution in [3.05, 3.63) is 23.8 Å². The Kier molecular flexibility index (Phi) is 4.48. The molecule has 2 fully saturated rings. The first-order valence-corrected chi connectivity index (χ1v) is 8.69. The van der Waals surface area contributed by atoms with Crippen molar-refractivity contribution < 1.29 is 28.5 Å². The maximum atomic E-state index is 12.6. The summed E-state index contributed by atoms with van der Waals surface area (Å²) in [6, 6.07) is 5.40. The Morgan fingerprint density at radius 1 is 1.16 bits per heavy atom. The number of fused-ring (bicyclic) bond motifs is 1. The van der Waals surface area contributed by atoms with E-state index in [9.17, 15) is 9.59 Å². The summed E-state index contributed by atoms with van der Waals surface area (Å²) in [5.74, 6) is 0.193. The number of rotatable bonds is 4. The number of ether oxygens (including phenoxy) is 4. The summed E-state index contributed by atoms with van der Waals surface area (Å²) in [6.45, 7) is 2.20. The molecule has 25 heavy (non-hydrogen) atoms. The van der Waals surface area contributed by atoms with Gasteiger partial charge in [-0.1, -0.05) is 6.07 Å². The van der Waals surface area contributed by atoms with Crippen molar-refractivity contribution in [2.45, 2.75) is 31.5 Å². The Balaban J connectivity index is 1.47. The van der Waals surface area contributed by atoms with Crippen LogP contribution in [0.5, 0.6) is 11.5 Å². The van der Waals surface area contributed by atoms with Crippen LogP contribution in [0.3, 0.4) is 0 Å². The van der Waals surface area contributed by atoms with Gasteiger partial charge in [-0.2, -0.15) is 0 Å². The van der Waals surface area contributed by atoms with Crippen LogP contribution in [0.1, 0.15) is 30.9 Å². The molecule has 1 amide bonds. The van der Waals surface area contributed by atoms with Gasteiger partial charge in [0.05, 0.1) is 18.4 Å². The summed E-state index contributed by atoms with van der Waals surface area (Å²) < 4.78 is 22.0. The van der Waals surface area contributed by atoms with Gasteiger partial charge < -0.3 is 24.3 Å². The van der Waals surface area contributed by atoms with Crippen molar-refractivity contribution >= 4 is 11.9 Å². The molecule has 7 nitrogen and oxygen atoms in total. The lowest BCUT2D eigenvalue weighted by Crippen LogP contribution is -2.37. The van der Waals surface area contributed by atoms with Gasteiger partial charge in [0.15, 0.2) is 11.5 Å². The molecule has 3 aliphatic heterocycles. The first-order chi connectivity index (χ1) is 12.2. The molecule has 1 aromatic rings. The second kappa shape index (κ2) is 6.92. The number of benzene rings is 1. The lowest BCUT2D eigenvalue weighted by atomic mass is 9.94. The summed E-state index contributed by atoms with van der Waals surface area (Å²) >= 11 is 0.